The van der Waals surface area contributed by atoms with Gasteiger partial charge in [0, 0.05) is 6.04 Å². The molecule has 10 heavy (non-hydrogen) atoms. The quantitative estimate of drug-likeness (QED) is 0.559. The summed E-state index contributed by atoms with van der Waals surface area (Å²) in [5, 5.41) is 8.48. The van der Waals surface area contributed by atoms with Crippen molar-refractivity contribution in [3.8, 4) is 0 Å². The number of hydrogen-bond donors (Lipinski definition) is 2. The molecule has 0 aromatic rings. The summed E-state index contributed by atoms with van der Waals surface area (Å²) in [5.41, 5.74) is 2.55. The van der Waals surface area contributed by atoms with Gasteiger partial charge in [0.2, 0.25) is 0 Å². The van der Waals surface area contributed by atoms with Gasteiger partial charge in [-0.2, -0.15) is 5.48 Å². The predicted octanol–water partition coefficient (Wildman–Crippen LogP) is 0.247. The molecule has 0 saturated heterocycles. The van der Waals surface area contributed by atoms with Crippen molar-refractivity contribution in [2.24, 2.45) is 5.92 Å². The molecule has 0 aromatic heterocycles. The topological polar surface area (TPSA) is 58.6 Å². The molecule has 2 N–H and O–H groups in total. The Morgan fingerprint density at radius 2 is 2.10 bits per heavy atom. The highest BCUT2D eigenvalue weighted by molar-refractivity contribution is 5.70. The average molecular weight is 147 g/mol. The van der Waals surface area contributed by atoms with Gasteiger partial charge in [0.1, 0.15) is 0 Å². The molecule has 0 bridgehead atoms. The Labute approximate surface area is 60.1 Å². The maximum atomic E-state index is 10.3. The lowest BCUT2D eigenvalue weighted by Gasteiger charge is -2.15. The summed E-state index contributed by atoms with van der Waals surface area (Å²) in [4.78, 5) is 14.9. The monoisotopic (exact) mass is 147 g/mol. The zero-order valence-corrected chi connectivity index (χ0v) is 6.42. The van der Waals surface area contributed by atoms with E-state index in [1.807, 2.05) is 0 Å². The molecule has 0 radical (unpaired) electrons. The first-order valence-corrected chi connectivity index (χ1v) is 3.11. The molecule has 0 aliphatic carbocycles. The molecule has 2 atom stereocenters. The fourth-order valence-corrected chi connectivity index (χ4v) is 0.502. The lowest BCUT2D eigenvalue weighted by molar-refractivity contribution is -0.143. The Balaban J connectivity index is 3.69. The van der Waals surface area contributed by atoms with Crippen molar-refractivity contribution in [1.82, 2.24) is 5.48 Å². The van der Waals surface area contributed by atoms with Crippen molar-refractivity contribution in [2.45, 2.75) is 19.9 Å². The number of hydroxylamine groups is 1. The third kappa shape index (κ3) is 2.80. The molecule has 0 fully saturated rings. The summed E-state index contributed by atoms with van der Waals surface area (Å²) < 4.78 is 0. The first-order chi connectivity index (χ1) is 4.59. The fourth-order valence-electron chi connectivity index (χ4n) is 0.502. The van der Waals surface area contributed by atoms with Crippen LogP contribution in [0.2, 0.25) is 0 Å². The molecule has 0 aromatic carbocycles. The molecule has 4 heteroatoms. The number of hydrogen-bond acceptors (Lipinski definition) is 3. The van der Waals surface area contributed by atoms with E-state index in [1.165, 1.54) is 7.11 Å². The number of carbonyl (C=O) groups is 1. The van der Waals surface area contributed by atoms with Gasteiger partial charge in [0.05, 0.1) is 13.0 Å². The van der Waals surface area contributed by atoms with Gasteiger partial charge in [-0.1, -0.05) is 6.92 Å². The van der Waals surface area contributed by atoms with Crippen molar-refractivity contribution in [3.63, 3.8) is 0 Å². The lowest BCUT2D eigenvalue weighted by atomic mass is 10.1. The molecule has 0 aliphatic rings. The van der Waals surface area contributed by atoms with Gasteiger partial charge in [-0.25, -0.2) is 0 Å². The van der Waals surface area contributed by atoms with Crippen LogP contribution in [0.25, 0.3) is 0 Å². The van der Waals surface area contributed by atoms with Crippen LogP contribution in [0, 0.1) is 5.92 Å². The van der Waals surface area contributed by atoms with Gasteiger partial charge < -0.3 is 9.94 Å². The van der Waals surface area contributed by atoms with Crippen LogP contribution in [0.5, 0.6) is 0 Å². The fraction of sp³-hybridized carbons (Fsp3) is 0.833. The molecule has 0 saturated carbocycles. The molecule has 0 spiro atoms. The number of carboxylic acid groups (broad SMARTS) is 1. The van der Waals surface area contributed by atoms with E-state index in [9.17, 15) is 4.79 Å². The summed E-state index contributed by atoms with van der Waals surface area (Å²) >= 11 is 0. The molecular weight excluding hydrogens is 134 g/mol. The van der Waals surface area contributed by atoms with Crippen LogP contribution in [-0.4, -0.2) is 24.2 Å². The Morgan fingerprint density at radius 3 is 2.40 bits per heavy atom. The van der Waals surface area contributed by atoms with E-state index in [0.29, 0.717) is 0 Å². The maximum Gasteiger partial charge on any atom is 0.307 e. The smallest absolute Gasteiger partial charge is 0.307 e. The SMILES string of the molecule is CONC(C)C(C)C(=O)O. The largest absolute Gasteiger partial charge is 0.481 e. The lowest BCUT2D eigenvalue weighted by Crippen LogP contribution is -2.35. The summed E-state index contributed by atoms with van der Waals surface area (Å²) in [7, 11) is 1.46. The van der Waals surface area contributed by atoms with E-state index in [2.05, 4.69) is 10.3 Å². The molecule has 0 heterocycles. The molecular formula is C6H13NO3. The van der Waals surface area contributed by atoms with Gasteiger partial charge in [0.25, 0.3) is 0 Å². The normalized spacial score (nSPS) is 16.3. The van der Waals surface area contributed by atoms with E-state index in [-0.39, 0.29) is 6.04 Å². The second kappa shape index (κ2) is 4.24. The average Bonchev–Trinajstić information content (AvgIpc) is 1.87. The van der Waals surface area contributed by atoms with Crippen molar-refractivity contribution in [3.05, 3.63) is 0 Å². The van der Waals surface area contributed by atoms with Crippen molar-refractivity contribution in [1.29, 1.82) is 0 Å². The van der Waals surface area contributed by atoms with Crippen LogP contribution in [-0.2, 0) is 9.63 Å². The van der Waals surface area contributed by atoms with Gasteiger partial charge in [-0.05, 0) is 6.92 Å². The second-order valence-corrected chi connectivity index (χ2v) is 2.24. The summed E-state index contributed by atoms with van der Waals surface area (Å²) in [6.07, 6.45) is 0. The van der Waals surface area contributed by atoms with E-state index in [1.54, 1.807) is 13.8 Å². The molecule has 2 unspecified atom stereocenters. The van der Waals surface area contributed by atoms with E-state index >= 15 is 0 Å². The Morgan fingerprint density at radius 1 is 1.60 bits per heavy atom. The van der Waals surface area contributed by atoms with Gasteiger partial charge in [0.15, 0.2) is 0 Å². The molecule has 4 nitrogen and oxygen atoms in total. The Hall–Kier alpha value is -0.610. The first-order valence-electron chi connectivity index (χ1n) is 3.11. The molecule has 60 valence electrons. The van der Waals surface area contributed by atoms with Crippen molar-refractivity contribution in [2.75, 3.05) is 7.11 Å². The highest BCUT2D eigenvalue weighted by Crippen LogP contribution is 2.01. The number of nitrogens with one attached hydrogen (secondary N) is 1. The van der Waals surface area contributed by atoms with E-state index < -0.39 is 11.9 Å². The van der Waals surface area contributed by atoms with Crippen LogP contribution in [0.3, 0.4) is 0 Å². The minimum atomic E-state index is -0.822. The minimum Gasteiger partial charge on any atom is -0.481 e. The van der Waals surface area contributed by atoms with Crippen LogP contribution in [0.4, 0.5) is 0 Å². The summed E-state index contributed by atoms with van der Waals surface area (Å²) in [6, 6.07) is -0.164. The predicted molar refractivity (Wildman–Crippen MR) is 36.4 cm³/mol. The second-order valence-electron chi connectivity index (χ2n) is 2.24. The number of aliphatic carboxylic acids is 1. The van der Waals surface area contributed by atoms with E-state index in [0.717, 1.165) is 0 Å². The van der Waals surface area contributed by atoms with Gasteiger partial charge in [-0.3, -0.25) is 4.79 Å². The molecule has 0 rings (SSSR count). The minimum absolute atomic E-state index is 0.164. The standard InChI is InChI=1S/C6H13NO3/c1-4(6(8)9)5(2)7-10-3/h4-5,7H,1-3H3,(H,8,9). The third-order valence-electron chi connectivity index (χ3n) is 1.44. The van der Waals surface area contributed by atoms with Crippen molar-refractivity contribution < 1.29 is 14.7 Å². The zero-order chi connectivity index (χ0) is 8.15. The van der Waals surface area contributed by atoms with Crippen LogP contribution in [0.1, 0.15) is 13.8 Å². The molecule has 0 aliphatic heterocycles. The molecule has 0 amide bonds. The Bertz CT molecular complexity index is 116. The number of rotatable bonds is 4. The van der Waals surface area contributed by atoms with Crippen LogP contribution >= 0.6 is 0 Å². The Kier molecular flexibility index (Phi) is 3.99. The van der Waals surface area contributed by atoms with E-state index in [4.69, 9.17) is 5.11 Å². The number of carboxylic acids is 1. The summed E-state index contributed by atoms with van der Waals surface area (Å²) in [6.45, 7) is 3.38. The first kappa shape index (κ1) is 9.39. The highest BCUT2D eigenvalue weighted by Gasteiger charge is 2.18. The van der Waals surface area contributed by atoms with Crippen LogP contribution < -0.4 is 5.48 Å². The van der Waals surface area contributed by atoms with Gasteiger partial charge in [-0.15, -0.1) is 0 Å². The zero-order valence-electron chi connectivity index (χ0n) is 6.42. The third-order valence-corrected chi connectivity index (χ3v) is 1.44. The highest BCUT2D eigenvalue weighted by atomic mass is 16.6. The van der Waals surface area contributed by atoms with Gasteiger partial charge >= 0.3 is 5.97 Å². The maximum absolute atomic E-state index is 10.3. The van der Waals surface area contributed by atoms with Crippen molar-refractivity contribution >= 4 is 5.97 Å². The summed E-state index contributed by atoms with van der Waals surface area (Å²) in [5.74, 6) is -1.25. The van der Waals surface area contributed by atoms with Crippen LogP contribution in [0.15, 0.2) is 0 Å².